The highest BCUT2D eigenvalue weighted by Crippen LogP contribution is 2.20. The van der Waals surface area contributed by atoms with Gasteiger partial charge in [0.05, 0.1) is 6.26 Å². The number of carbonyl (C=O) groups is 1. The highest BCUT2D eigenvalue weighted by Gasteiger charge is 2.25. The van der Waals surface area contributed by atoms with E-state index >= 15 is 0 Å². The molecule has 6 nitrogen and oxygen atoms in total. The zero-order valence-corrected chi connectivity index (χ0v) is 13.9. The molecule has 124 valence electrons. The minimum absolute atomic E-state index is 0.0229. The number of aromatic nitrogens is 1. The molecule has 1 aliphatic rings. The summed E-state index contributed by atoms with van der Waals surface area (Å²) >= 11 is 0. The molecule has 0 spiro atoms. The Bertz CT molecular complexity index is 780. The third-order valence-corrected chi connectivity index (χ3v) is 4.89. The highest BCUT2D eigenvalue weighted by molar-refractivity contribution is 7.88. The van der Waals surface area contributed by atoms with Crippen molar-refractivity contribution in [2.75, 3.05) is 25.9 Å². The van der Waals surface area contributed by atoms with Crippen LogP contribution in [0.4, 0.5) is 0 Å². The van der Waals surface area contributed by atoms with Crippen LogP contribution in [-0.2, 0) is 10.0 Å². The van der Waals surface area contributed by atoms with Crippen molar-refractivity contribution in [1.82, 2.24) is 14.6 Å². The van der Waals surface area contributed by atoms with Gasteiger partial charge in [-0.1, -0.05) is 18.2 Å². The molecule has 1 amide bonds. The van der Waals surface area contributed by atoms with E-state index in [2.05, 4.69) is 9.71 Å². The number of likely N-dealkylation sites (tertiary alicyclic amines) is 1. The van der Waals surface area contributed by atoms with Gasteiger partial charge in [0.15, 0.2) is 0 Å². The Labute approximate surface area is 135 Å². The molecule has 1 aromatic heterocycles. The number of H-pyrrole nitrogens is 1. The molecule has 0 saturated carbocycles. The van der Waals surface area contributed by atoms with E-state index < -0.39 is 10.0 Å². The third-order valence-electron chi connectivity index (χ3n) is 4.20. The predicted molar refractivity (Wildman–Crippen MR) is 89.8 cm³/mol. The minimum Gasteiger partial charge on any atom is -0.351 e. The zero-order valence-electron chi connectivity index (χ0n) is 13.1. The van der Waals surface area contributed by atoms with Crippen LogP contribution in [0.15, 0.2) is 30.3 Å². The lowest BCUT2D eigenvalue weighted by Crippen LogP contribution is -2.43. The Hall–Kier alpha value is -1.86. The van der Waals surface area contributed by atoms with Gasteiger partial charge in [-0.05, 0) is 30.9 Å². The molecule has 23 heavy (non-hydrogen) atoms. The van der Waals surface area contributed by atoms with E-state index in [1.807, 2.05) is 35.2 Å². The first-order valence-corrected chi connectivity index (χ1v) is 9.63. The highest BCUT2D eigenvalue weighted by atomic mass is 32.2. The van der Waals surface area contributed by atoms with E-state index in [-0.39, 0.29) is 11.8 Å². The number of rotatable bonds is 4. The Morgan fingerprint density at radius 2 is 2.17 bits per heavy atom. The smallest absolute Gasteiger partial charge is 0.270 e. The van der Waals surface area contributed by atoms with Crippen LogP contribution in [0.2, 0.25) is 0 Å². The molecule has 1 saturated heterocycles. The van der Waals surface area contributed by atoms with Gasteiger partial charge >= 0.3 is 0 Å². The molecule has 0 unspecified atom stereocenters. The Morgan fingerprint density at radius 3 is 2.91 bits per heavy atom. The van der Waals surface area contributed by atoms with Crippen molar-refractivity contribution in [3.05, 3.63) is 36.0 Å². The van der Waals surface area contributed by atoms with Crippen molar-refractivity contribution in [3.8, 4) is 0 Å². The second kappa shape index (κ2) is 6.33. The van der Waals surface area contributed by atoms with E-state index in [9.17, 15) is 13.2 Å². The van der Waals surface area contributed by atoms with Gasteiger partial charge in [-0.2, -0.15) is 0 Å². The van der Waals surface area contributed by atoms with Crippen LogP contribution in [0.25, 0.3) is 10.9 Å². The molecule has 7 heteroatoms. The van der Waals surface area contributed by atoms with Crippen LogP contribution < -0.4 is 4.72 Å². The number of para-hydroxylation sites is 1. The number of nitrogens with zero attached hydrogens (tertiary/aromatic N) is 1. The van der Waals surface area contributed by atoms with Crippen LogP contribution in [0.3, 0.4) is 0 Å². The molecule has 2 N–H and O–H groups in total. The van der Waals surface area contributed by atoms with Crippen molar-refractivity contribution in [2.24, 2.45) is 5.92 Å². The van der Waals surface area contributed by atoms with Crippen LogP contribution in [0.1, 0.15) is 23.3 Å². The van der Waals surface area contributed by atoms with Crippen LogP contribution in [-0.4, -0.2) is 50.1 Å². The maximum atomic E-state index is 12.7. The number of piperidine rings is 1. The molecule has 2 aromatic rings. The summed E-state index contributed by atoms with van der Waals surface area (Å²) in [6.45, 7) is 1.68. The molecular formula is C16H21N3O3S. The van der Waals surface area contributed by atoms with Crippen molar-refractivity contribution >= 4 is 26.8 Å². The summed E-state index contributed by atoms with van der Waals surface area (Å²) in [5.74, 6) is 0.136. The topological polar surface area (TPSA) is 82.3 Å². The predicted octanol–water partition coefficient (Wildman–Crippen LogP) is 1.57. The molecule has 0 radical (unpaired) electrons. The number of nitrogens with one attached hydrogen (secondary N) is 2. The number of carbonyl (C=O) groups excluding carboxylic acids is 1. The summed E-state index contributed by atoms with van der Waals surface area (Å²) in [4.78, 5) is 17.6. The molecule has 1 aliphatic heterocycles. The molecule has 2 heterocycles. The van der Waals surface area contributed by atoms with Crippen molar-refractivity contribution in [1.29, 1.82) is 0 Å². The average Bonchev–Trinajstić information content (AvgIpc) is 2.96. The van der Waals surface area contributed by atoms with Crippen LogP contribution >= 0.6 is 0 Å². The second-order valence-electron chi connectivity index (χ2n) is 6.15. The Morgan fingerprint density at radius 1 is 1.39 bits per heavy atom. The first-order valence-electron chi connectivity index (χ1n) is 7.74. The summed E-state index contributed by atoms with van der Waals surface area (Å²) in [5.41, 5.74) is 1.53. The number of hydrogen-bond donors (Lipinski definition) is 2. The van der Waals surface area contributed by atoms with Gasteiger partial charge in [0.2, 0.25) is 10.0 Å². The maximum absolute atomic E-state index is 12.7. The van der Waals surface area contributed by atoms with Crippen LogP contribution in [0.5, 0.6) is 0 Å². The van der Waals surface area contributed by atoms with Gasteiger partial charge in [0, 0.05) is 30.5 Å². The van der Waals surface area contributed by atoms with E-state index in [0.717, 1.165) is 30.0 Å². The molecule has 0 aliphatic carbocycles. The van der Waals surface area contributed by atoms with Crippen molar-refractivity contribution in [2.45, 2.75) is 12.8 Å². The Balaban J connectivity index is 1.69. The molecular weight excluding hydrogens is 314 g/mol. The summed E-state index contributed by atoms with van der Waals surface area (Å²) in [7, 11) is -3.19. The monoisotopic (exact) mass is 335 g/mol. The lowest BCUT2D eigenvalue weighted by atomic mass is 9.98. The number of benzene rings is 1. The van der Waals surface area contributed by atoms with E-state index in [1.165, 1.54) is 0 Å². The zero-order chi connectivity index (χ0) is 16.4. The summed E-state index contributed by atoms with van der Waals surface area (Å²) in [6, 6.07) is 9.66. The van der Waals surface area contributed by atoms with E-state index in [1.54, 1.807) is 0 Å². The first kappa shape index (κ1) is 16.0. The van der Waals surface area contributed by atoms with Crippen molar-refractivity contribution < 1.29 is 13.2 Å². The van der Waals surface area contributed by atoms with Gasteiger partial charge in [-0.3, -0.25) is 4.79 Å². The van der Waals surface area contributed by atoms with Gasteiger partial charge < -0.3 is 9.88 Å². The third kappa shape index (κ3) is 3.92. The number of sulfonamides is 1. The normalized spacial score (nSPS) is 19.2. The Kier molecular flexibility index (Phi) is 4.41. The lowest BCUT2D eigenvalue weighted by Gasteiger charge is -2.32. The quantitative estimate of drug-likeness (QED) is 0.890. The molecule has 3 rings (SSSR count). The fraction of sp³-hybridized carbons (Fsp3) is 0.438. The van der Waals surface area contributed by atoms with Gasteiger partial charge in [0.1, 0.15) is 5.69 Å². The summed E-state index contributed by atoms with van der Waals surface area (Å²) in [6.07, 6.45) is 2.98. The average molecular weight is 335 g/mol. The van der Waals surface area contributed by atoms with Gasteiger partial charge in [-0.15, -0.1) is 0 Å². The number of aromatic amines is 1. The number of amides is 1. The van der Waals surface area contributed by atoms with Crippen molar-refractivity contribution in [3.63, 3.8) is 0 Å². The standard InChI is InChI=1S/C16H21N3O3S/c1-23(21,22)17-10-12-5-4-8-19(11-12)16(20)15-9-13-6-2-3-7-14(13)18-15/h2-3,6-7,9,12,17-18H,4-5,8,10-11H2,1H3/t12-/m0/s1. The number of fused-ring (bicyclic) bond motifs is 1. The SMILES string of the molecule is CS(=O)(=O)NC[C@@H]1CCCN(C(=O)c2cc3ccccc3[nH]2)C1. The largest absolute Gasteiger partial charge is 0.351 e. The summed E-state index contributed by atoms with van der Waals surface area (Å²) < 4.78 is 25.0. The maximum Gasteiger partial charge on any atom is 0.270 e. The second-order valence-corrected chi connectivity index (χ2v) is 7.98. The number of hydrogen-bond acceptors (Lipinski definition) is 3. The minimum atomic E-state index is -3.19. The van der Waals surface area contributed by atoms with E-state index in [0.29, 0.717) is 25.3 Å². The molecule has 1 atom stereocenters. The van der Waals surface area contributed by atoms with Gasteiger partial charge in [-0.25, -0.2) is 13.1 Å². The van der Waals surface area contributed by atoms with E-state index in [4.69, 9.17) is 0 Å². The van der Waals surface area contributed by atoms with Crippen LogP contribution in [0, 0.1) is 5.92 Å². The lowest BCUT2D eigenvalue weighted by molar-refractivity contribution is 0.0671. The molecule has 1 aromatic carbocycles. The fourth-order valence-electron chi connectivity index (χ4n) is 3.04. The molecule has 0 bridgehead atoms. The van der Waals surface area contributed by atoms with Gasteiger partial charge in [0.25, 0.3) is 5.91 Å². The fourth-order valence-corrected chi connectivity index (χ4v) is 3.58. The first-order chi connectivity index (χ1) is 10.9. The summed E-state index contributed by atoms with van der Waals surface area (Å²) in [5, 5.41) is 1.02. The molecule has 1 fully saturated rings.